The van der Waals surface area contributed by atoms with Gasteiger partial charge in [0.25, 0.3) is 0 Å². The van der Waals surface area contributed by atoms with Crippen molar-refractivity contribution >= 4 is 18.7 Å². The molecule has 0 spiro atoms. The van der Waals surface area contributed by atoms with Crippen LogP contribution in [0.1, 0.15) is 85.0 Å². The minimum absolute atomic E-state index is 0.0691. The second kappa shape index (κ2) is 11.5. The molecule has 0 heterocycles. The van der Waals surface area contributed by atoms with Crippen molar-refractivity contribution in [1.29, 1.82) is 0 Å². The summed E-state index contributed by atoms with van der Waals surface area (Å²) in [7, 11) is -5.15. The summed E-state index contributed by atoms with van der Waals surface area (Å²) in [4.78, 5) is 0. The highest BCUT2D eigenvalue weighted by Gasteiger charge is 2.27. The molecule has 1 fully saturated rings. The average molecular weight is 377 g/mol. The van der Waals surface area contributed by atoms with Crippen molar-refractivity contribution in [2.24, 2.45) is 11.8 Å². The Balaban J connectivity index is 2.39. The zero-order chi connectivity index (χ0) is 18.0. The Morgan fingerprint density at radius 3 is 2.33 bits per heavy atom. The smallest absolute Gasteiger partial charge is 0.229 e. The first-order valence-electron chi connectivity index (χ1n) is 9.64. The van der Waals surface area contributed by atoms with E-state index < -0.39 is 18.7 Å². The van der Waals surface area contributed by atoms with Gasteiger partial charge in [-0.2, -0.15) is 0 Å². The number of rotatable bonds is 11. The van der Waals surface area contributed by atoms with Crippen LogP contribution in [0.25, 0.3) is 0 Å². The molecule has 1 aliphatic rings. The third kappa shape index (κ3) is 7.81. The Bertz CT molecular complexity index is 507. The van der Waals surface area contributed by atoms with Gasteiger partial charge in [-0.3, -0.25) is 0 Å². The summed E-state index contributed by atoms with van der Waals surface area (Å²) in [5.41, 5.74) is 1.28. The lowest BCUT2D eigenvalue weighted by molar-refractivity contribution is 0.217. The maximum Gasteiger partial charge on any atom is 0.229 e. The van der Waals surface area contributed by atoms with Crippen LogP contribution in [0.4, 0.5) is 0 Å². The first kappa shape index (κ1) is 21.9. The Morgan fingerprint density at radius 1 is 1.12 bits per heavy atom. The van der Waals surface area contributed by atoms with Crippen LogP contribution in [0, 0.1) is 11.8 Å². The molecule has 1 rings (SSSR count). The van der Waals surface area contributed by atoms with Gasteiger partial charge in [-0.15, -0.1) is 0 Å². The van der Waals surface area contributed by atoms with E-state index in [0.29, 0.717) is 24.0 Å². The van der Waals surface area contributed by atoms with Gasteiger partial charge in [0.05, 0.1) is 5.75 Å². The van der Waals surface area contributed by atoms with Gasteiger partial charge in [-0.05, 0) is 51.4 Å². The fourth-order valence-electron chi connectivity index (χ4n) is 3.71. The fraction of sp³-hybridized carbons (Fsp3) is 0.895. The average Bonchev–Trinajstić information content (AvgIpc) is 2.57. The zero-order valence-electron chi connectivity index (χ0n) is 15.8. The molecule has 3 nitrogen and oxygen atoms in total. The monoisotopic (exact) mass is 376 g/mol. The third-order valence-electron chi connectivity index (χ3n) is 5.37. The second-order valence-corrected chi connectivity index (χ2v) is 12.4. The standard InChI is InChI=1S/C19H36O3S2/c1-4-10-18-12-6-7-13-19(18)14-15-23(20)24(21,22)16-9-8-11-17(3)5-2/h5,18-19H,4,6-16H2,1-3H3/b17-5+. The molecule has 142 valence electrons. The Kier molecular flexibility index (Phi) is 10.4. The predicted octanol–water partition coefficient (Wildman–Crippen LogP) is 5.20. The van der Waals surface area contributed by atoms with Crippen molar-refractivity contribution in [2.45, 2.75) is 85.0 Å². The SMILES string of the molecule is C/C=C(\C)CCCCS(=O)(=O)S(=O)CCC1CCCCC1CCC. The minimum Gasteiger partial charge on any atom is -0.243 e. The van der Waals surface area contributed by atoms with Crippen molar-refractivity contribution in [3.63, 3.8) is 0 Å². The van der Waals surface area contributed by atoms with Crippen molar-refractivity contribution in [3.05, 3.63) is 11.6 Å². The van der Waals surface area contributed by atoms with Crippen LogP contribution in [-0.4, -0.2) is 24.1 Å². The van der Waals surface area contributed by atoms with Gasteiger partial charge in [0.15, 0.2) is 0 Å². The summed E-state index contributed by atoms with van der Waals surface area (Å²) in [6.45, 7) is 6.27. The lowest BCUT2D eigenvalue weighted by Crippen LogP contribution is -2.23. The van der Waals surface area contributed by atoms with Gasteiger partial charge in [0.2, 0.25) is 8.87 Å². The molecular formula is C19H36O3S2. The normalized spacial score (nSPS) is 24.0. The van der Waals surface area contributed by atoms with Gasteiger partial charge >= 0.3 is 0 Å². The highest BCUT2D eigenvalue weighted by molar-refractivity contribution is 8.64. The maximum atomic E-state index is 12.3. The van der Waals surface area contributed by atoms with Crippen LogP contribution in [0.5, 0.6) is 0 Å². The highest BCUT2D eigenvalue weighted by atomic mass is 33.2. The van der Waals surface area contributed by atoms with Crippen molar-refractivity contribution in [2.75, 3.05) is 11.5 Å². The molecule has 24 heavy (non-hydrogen) atoms. The van der Waals surface area contributed by atoms with E-state index >= 15 is 0 Å². The van der Waals surface area contributed by atoms with Crippen LogP contribution in [0.2, 0.25) is 0 Å². The summed E-state index contributed by atoms with van der Waals surface area (Å²) in [5.74, 6) is 1.70. The first-order chi connectivity index (χ1) is 11.4. The summed E-state index contributed by atoms with van der Waals surface area (Å²) >= 11 is 0. The summed E-state index contributed by atoms with van der Waals surface area (Å²) < 4.78 is 36.7. The number of hydrogen-bond donors (Lipinski definition) is 0. The van der Waals surface area contributed by atoms with E-state index in [-0.39, 0.29) is 5.75 Å². The van der Waals surface area contributed by atoms with Gasteiger partial charge < -0.3 is 0 Å². The van der Waals surface area contributed by atoms with Crippen molar-refractivity contribution in [3.8, 4) is 0 Å². The topological polar surface area (TPSA) is 51.2 Å². The van der Waals surface area contributed by atoms with Gasteiger partial charge in [-0.1, -0.05) is 57.1 Å². The van der Waals surface area contributed by atoms with E-state index in [4.69, 9.17) is 0 Å². The molecule has 5 heteroatoms. The van der Waals surface area contributed by atoms with Crippen molar-refractivity contribution in [1.82, 2.24) is 0 Å². The summed E-state index contributed by atoms with van der Waals surface area (Å²) in [6, 6.07) is 0. The summed E-state index contributed by atoms with van der Waals surface area (Å²) in [6.07, 6.45) is 12.7. The zero-order valence-corrected chi connectivity index (χ0v) is 17.4. The quantitative estimate of drug-likeness (QED) is 0.283. The molecular weight excluding hydrogens is 340 g/mol. The van der Waals surface area contributed by atoms with E-state index in [1.54, 1.807) is 0 Å². The lowest BCUT2D eigenvalue weighted by atomic mass is 9.76. The molecule has 0 N–H and O–H groups in total. The molecule has 0 bridgehead atoms. The maximum absolute atomic E-state index is 12.3. The lowest BCUT2D eigenvalue weighted by Gasteiger charge is -2.31. The van der Waals surface area contributed by atoms with Crippen LogP contribution >= 0.6 is 0 Å². The molecule has 0 aliphatic heterocycles. The van der Waals surface area contributed by atoms with Crippen molar-refractivity contribution < 1.29 is 12.6 Å². The molecule has 0 amide bonds. The Morgan fingerprint density at radius 2 is 1.75 bits per heavy atom. The van der Waals surface area contributed by atoms with Crippen LogP contribution in [0.3, 0.4) is 0 Å². The fourth-order valence-corrected chi connectivity index (χ4v) is 7.16. The van der Waals surface area contributed by atoms with E-state index in [9.17, 15) is 12.6 Å². The van der Waals surface area contributed by atoms with Crippen LogP contribution in [0.15, 0.2) is 11.6 Å². The molecule has 0 saturated heterocycles. The molecule has 0 aromatic carbocycles. The second-order valence-electron chi connectivity index (χ2n) is 7.24. The van der Waals surface area contributed by atoms with Crippen LogP contribution in [-0.2, 0) is 18.7 Å². The number of unbranched alkanes of at least 4 members (excludes halogenated alkanes) is 1. The van der Waals surface area contributed by atoms with E-state index in [2.05, 4.69) is 19.9 Å². The van der Waals surface area contributed by atoms with Gasteiger partial charge in [-0.25, -0.2) is 12.6 Å². The van der Waals surface area contributed by atoms with E-state index in [0.717, 1.165) is 19.3 Å². The van der Waals surface area contributed by atoms with Crippen LogP contribution < -0.4 is 0 Å². The first-order valence-corrected chi connectivity index (χ1v) is 13.1. The molecule has 0 aromatic rings. The number of hydrogen-bond acceptors (Lipinski definition) is 3. The van der Waals surface area contributed by atoms with Gasteiger partial charge in [0.1, 0.15) is 9.83 Å². The molecule has 3 atom stereocenters. The highest BCUT2D eigenvalue weighted by Crippen LogP contribution is 2.35. The predicted molar refractivity (Wildman–Crippen MR) is 105 cm³/mol. The van der Waals surface area contributed by atoms with Gasteiger partial charge in [0, 0.05) is 5.75 Å². The Labute approximate surface area is 151 Å². The molecule has 3 unspecified atom stereocenters. The number of allylic oxidation sites excluding steroid dienone is 2. The van der Waals surface area contributed by atoms with E-state index in [1.807, 2.05) is 6.92 Å². The molecule has 0 aromatic heterocycles. The summed E-state index contributed by atoms with van der Waals surface area (Å²) in [5, 5.41) is 0. The minimum atomic E-state index is -3.44. The molecule has 1 aliphatic carbocycles. The molecule has 1 saturated carbocycles. The third-order valence-corrected chi connectivity index (χ3v) is 10.00. The van der Waals surface area contributed by atoms with E-state index in [1.165, 1.54) is 44.1 Å². The Hall–Kier alpha value is -0.160. The largest absolute Gasteiger partial charge is 0.243 e. The molecule has 0 radical (unpaired) electrons.